The van der Waals surface area contributed by atoms with Crippen molar-refractivity contribution in [2.75, 3.05) is 14.7 Å². The zero-order chi connectivity index (χ0) is 59.0. The molecule has 5 aliphatic rings. The van der Waals surface area contributed by atoms with Gasteiger partial charge in [-0.3, -0.25) is 9.80 Å². The van der Waals surface area contributed by atoms with Crippen LogP contribution in [0.25, 0.3) is 0 Å². The molecule has 4 nitrogen and oxygen atoms in total. The molecule has 82 heavy (non-hydrogen) atoms. The van der Waals surface area contributed by atoms with Gasteiger partial charge in [-0.2, -0.15) is 0 Å². The summed E-state index contributed by atoms with van der Waals surface area (Å²) in [4.78, 5) is 14.1. The first-order valence-corrected chi connectivity index (χ1v) is 31.3. The van der Waals surface area contributed by atoms with Crippen molar-refractivity contribution in [2.45, 2.75) is 233 Å². The number of benzene rings is 6. The molecular formula is C77H95BN4. The predicted octanol–water partition coefficient (Wildman–Crippen LogP) is 19.6. The number of hydrogen-bond donors (Lipinski definition) is 0. The maximum absolute atomic E-state index is 6.36. The molecule has 7 aromatic rings. The Labute approximate surface area is 495 Å². The van der Waals surface area contributed by atoms with Gasteiger partial charge in [0.05, 0.1) is 0 Å². The Bertz CT molecular complexity index is 3650. The lowest BCUT2D eigenvalue weighted by Gasteiger charge is -2.46. The van der Waals surface area contributed by atoms with Gasteiger partial charge in [0.2, 0.25) is 0 Å². The van der Waals surface area contributed by atoms with E-state index < -0.39 is 0 Å². The molecule has 0 fully saturated rings. The molecule has 426 valence electrons. The summed E-state index contributed by atoms with van der Waals surface area (Å²) in [5, 5.41) is 0. The molecule has 0 N–H and O–H groups in total. The van der Waals surface area contributed by atoms with Gasteiger partial charge in [-0.1, -0.05) is 200 Å². The number of aromatic nitrogens is 1. The van der Waals surface area contributed by atoms with Gasteiger partial charge in [-0.05, 0) is 214 Å². The zero-order valence-electron chi connectivity index (χ0n) is 54.2. The van der Waals surface area contributed by atoms with E-state index in [0.717, 1.165) is 53.6 Å². The van der Waals surface area contributed by atoms with Gasteiger partial charge >= 0.3 is 0 Å². The fourth-order valence-corrected chi connectivity index (χ4v) is 15.1. The average molecular weight is 1090 g/mol. The van der Waals surface area contributed by atoms with E-state index in [1.165, 1.54) is 103 Å². The summed E-state index contributed by atoms with van der Waals surface area (Å²) in [7, 11) is 0. The number of fused-ring (bicyclic) bond motifs is 7. The molecule has 0 saturated carbocycles. The first-order chi connectivity index (χ1) is 38.0. The van der Waals surface area contributed by atoms with Gasteiger partial charge in [0.1, 0.15) is 11.6 Å². The first-order valence-electron chi connectivity index (χ1n) is 31.3. The van der Waals surface area contributed by atoms with E-state index in [2.05, 4.69) is 281 Å². The molecule has 12 rings (SSSR count). The summed E-state index contributed by atoms with van der Waals surface area (Å²) in [5.74, 6) is 1.91. The summed E-state index contributed by atoms with van der Waals surface area (Å²) < 4.78 is 0. The molecule has 0 radical (unpaired) electrons. The van der Waals surface area contributed by atoms with Crippen molar-refractivity contribution in [3.05, 3.63) is 171 Å². The molecule has 3 aliphatic carbocycles. The number of pyridine rings is 1. The van der Waals surface area contributed by atoms with Crippen molar-refractivity contribution < 1.29 is 0 Å². The maximum atomic E-state index is 6.36. The number of nitrogens with zero attached hydrogens (tertiary/aromatic N) is 4. The quantitative estimate of drug-likeness (QED) is 0.160. The largest absolute Gasteiger partial charge is 0.311 e. The first kappa shape index (κ1) is 56.4. The fourth-order valence-electron chi connectivity index (χ4n) is 15.1. The molecule has 0 unspecified atom stereocenters. The number of rotatable bonds is 5. The highest BCUT2D eigenvalue weighted by atomic mass is 15.3. The van der Waals surface area contributed by atoms with Crippen LogP contribution in [0.2, 0.25) is 0 Å². The summed E-state index contributed by atoms with van der Waals surface area (Å²) in [5.41, 5.74) is 24.9. The molecule has 5 heteroatoms. The van der Waals surface area contributed by atoms with Gasteiger partial charge in [-0.25, -0.2) is 4.98 Å². The SMILES string of the molecule is CC(C)(C)c1ccc(N2c3ccc(C(C)(C)C)cc3B3c4cc(C(C)(C)C)ccc4N(c4ccc5c(c4)C(C)(C)CCC5(C)C)c4nc(N(c5ccc6c(c5)C(C)(C)CCC6(C)C)c5ccc6c(c5)C(C)(C)CCC6(C)C)cc2c43)cc1. The summed E-state index contributed by atoms with van der Waals surface area (Å²) in [6.07, 6.45) is 6.92. The number of anilines is 9. The van der Waals surface area contributed by atoms with Crippen LogP contribution in [-0.4, -0.2) is 11.7 Å². The molecule has 0 spiro atoms. The minimum Gasteiger partial charge on any atom is -0.311 e. The topological polar surface area (TPSA) is 22.6 Å². The Morgan fingerprint density at radius 1 is 0.366 bits per heavy atom. The van der Waals surface area contributed by atoms with E-state index in [4.69, 9.17) is 4.98 Å². The van der Waals surface area contributed by atoms with Crippen molar-refractivity contribution in [3.63, 3.8) is 0 Å². The van der Waals surface area contributed by atoms with Crippen LogP contribution in [0.1, 0.15) is 234 Å². The minimum atomic E-state index is -0.0949. The second-order valence-corrected chi connectivity index (χ2v) is 33.0. The molecular weight excluding hydrogens is 992 g/mol. The van der Waals surface area contributed by atoms with Crippen molar-refractivity contribution in [3.8, 4) is 0 Å². The third kappa shape index (κ3) is 9.10. The van der Waals surface area contributed by atoms with E-state index in [1.807, 2.05) is 0 Å². The molecule has 3 heterocycles. The Kier molecular flexibility index (Phi) is 12.5. The van der Waals surface area contributed by atoms with Crippen molar-refractivity contribution in [1.82, 2.24) is 4.98 Å². The Morgan fingerprint density at radius 2 is 0.732 bits per heavy atom. The molecule has 1 aromatic heterocycles. The highest BCUT2D eigenvalue weighted by molar-refractivity contribution is 7.00. The second-order valence-electron chi connectivity index (χ2n) is 33.0. The fraction of sp³-hybridized carbons (Fsp3) is 0.468. The van der Waals surface area contributed by atoms with Gasteiger partial charge in [0.15, 0.2) is 0 Å². The highest BCUT2D eigenvalue weighted by Crippen LogP contribution is 2.54. The smallest absolute Gasteiger partial charge is 0.254 e. The van der Waals surface area contributed by atoms with Crippen LogP contribution >= 0.6 is 0 Å². The lowest BCUT2D eigenvalue weighted by atomic mass is 9.33. The number of hydrogen-bond acceptors (Lipinski definition) is 4. The molecule has 0 atom stereocenters. The van der Waals surface area contributed by atoms with Crippen LogP contribution in [0.4, 0.5) is 51.4 Å². The van der Waals surface area contributed by atoms with Gasteiger partial charge in [0.25, 0.3) is 6.71 Å². The van der Waals surface area contributed by atoms with E-state index in [0.29, 0.717) is 0 Å². The van der Waals surface area contributed by atoms with E-state index in [1.54, 1.807) is 0 Å². The summed E-state index contributed by atoms with van der Waals surface area (Å²) >= 11 is 0. The monoisotopic (exact) mass is 1090 g/mol. The zero-order valence-corrected chi connectivity index (χ0v) is 54.2. The van der Waals surface area contributed by atoms with Crippen molar-refractivity contribution in [2.24, 2.45) is 0 Å². The highest BCUT2D eigenvalue weighted by Gasteiger charge is 2.48. The molecule has 6 aromatic carbocycles. The van der Waals surface area contributed by atoms with Crippen LogP contribution in [0.5, 0.6) is 0 Å². The van der Waals surface area contributed by atoms with Gasteiger partial charge < -0.3 is 4.90 Å². The van der Waals surface area contributed by atoms with E-state index >= 15 is 0 Å². The van der Waals surface area contributed by atoms with E-state index in [-0.39, 0.29) is 55.4 Å². The van der Waals surface area contributed by atoms with Gasteiger partial charge in [0, 0.05) is 45.9 Å². The molecule has 0 amide bonds. The van der Waals surface area contributed by atoms with Crippen LogP contribution in [-0.2, 0) is 48.7 Å². The summed E-state index contributed by atoms with van der Waals surface area (Å²) in [6.45, 7) is 50.5. The van der Waals surface area contributed by atoms with Crippen LogP contribution in [0, 0.1) is 0 Å². The lowest BCUT2D eigenvalue weighted by molar-refractivity contribution is 0.332. The lowest BCUT2D eigenvalue weighted by Crippen LogP contribution is -2.62. The normalized spacial score (nSPS) is 19.5. The molecule has 0 saturated heterocycles. The second kappa shape index (κ2) is 18.2. The average Bonchev–Trinajstić information content (AvgIpc) is 0.867. The van der Waals surface area contributed by atoms with Crippen LogP contribution in [0.3, 0.4) is 0 Å². The van der Waals surface area contributed by atoms with E-state index in [9.17, 15) is 0 Å². The Balaban J connectivity index is 1.24. The van der Waals surface area contributed by atoms with Crippen molar-refractivity contribution in [1.29, 1.82) is 0 Å². The van der Waals surface area contributed by atoms with Gasteiger partial charge in [-0.15, -0.1) is 0 Å². The van der Waals surface area contributed by atoms with Crippen molar-refractivity contribution >= 4 is 74.5 Å². The third-order valence-electron chi connectivity index (χ3n) is 21.1. The molecule has 0 bridgehead atoms. The van der Waals surface area contributed by atoms with Crippen LogP contribution < -0.4 is 31.1 Å². The Hall–Kier alpha value is -6.07. The Morgan fingerprint density at radius 3 is 1.16 bits per heavy atom. The molecule has 2 aliphatic heterocycles. The standard InChI is InChI=1S/C77H95BN4/c1-69(2,3)48-22-26-51(27-23-48)81-63-34-24-49(70(4,5)6)42-61(63)78-62-43-50(71(7,8)9)25-35-64(62)82(54-30-33-57-60(46-54)77(20,21)41-38-74(57,14)15)68-67(78)65(81)47-66(79-68)80(52-28-31-55-58(44-52)75(16,17)39-36-72(55,10)11)53-29-32-56-59(45-53)76(18,19)40-37-73(56,12)13/h22-35,42-47H,36-41H2,1-21H3. The predicted molar refractivity (Wildman–Crippen MR) is 355 cm³/mol. The van der Waals surface area contributed by atoms with Crippen LogP contribution in [0.15, 0.2) is 121 Å². The third-order valence-corrected chi connectivity index (χ3v) is 21.1. The summed E-state index contributed by atoms with van der Waals surface area (Å²) in [6, 6.07) is 49.2. The minimum absolute atomic E-state index is 0.000513. The maximum Gasteiger partial charge on any atom is 0.254 e.